The number of aromatic carboxylic acids is 1. The molecule has 0 atom stereocenters. The Morgan fingerprint density at radius 1 is 1.09 bits per heavy atom. The first kappa shape index (κ1) is 16.1. The zero-order valence-electron chi connectivity index (χ0n) is 13.5. The molecule has 0 amide bonds. The molecule has 1 N–H and O–H groups in total. The van der Waals surface area contributed by atoms with E-state index in [1.54, 1.807) is 24.3 Å². The first-order valence-electron chi connectivity index (χ1n) is 7.34. The number of hydrogen-bond donors (Lipinski definition) is 1. The van der Waals surface area contributed by atoms with Crippen molar-refractivity contribution in [1.29, 1.82) is 0 Å². The Morgan fingerprint density at radius 3 is 2.27 bits per heavy atom. The van der Waals surface area contributed by atoms with E-state index >= 15 is 0 Å². The second kappa shape index (κ2) is 6.22. The quantitative estimate of drug-likeness (QED) is 0.899. The highest BCUT2D eigenvalue weighted by molar-refractivity contribution is 5.87. The number of ether oxygens (including phenoxy) is 1. The van der Waals surface area contributed by atoms with Gasteiger partial charge in [-0.3, -0.25) is 0 Å². The molecule has 0 saturated heterocycles. The Morgan fingerprint density at radius 2 is 1.73 bits per heavy atom. The summed E-state index contributed by atoms with van der Waals surface area (Å²) in [4.78, 5) is 10.9. The molecule has 0 bridgehead atoms. The molecule has 116 valence electrons. The van der Waals surface area contributed by atoms with Crippen molar-refractivity contribution in [2.45, 2.75) is 39.7 Å². The number of carboxylic acid groups (broad SMARTS) is 1. The summed E-state index contributed by atoms with van der Waals surface area (Å²) in [6.07, 6.45) is 0. The fourth-order valence-corrected chi connectivity index (χ4v) is 2.33. The van der Waals surface area contributed by atoms with E-state index in [1.165, 1.54) is 5.56 Å². The monoisotopic (exact) mass is 298 g/mol. The summed E-state index contributed by atoms with van der Waals surface area (Å²) in [5.41, 5.74) is 3.53. The topological polar surface area (TPSA) is 46.5 Å². The van der Waals surface area contributed by atoms with Gasteiger partial charge in [-0.05, 0) is 41.2 Å². The van der Waals surface area contributed by atoms with E-state index < -0.39 is 5.97 Å². The standard InChI is InChI=1S/C19H22O3/c1-13-6-5-7-16(19(2,3)4)17(13)22-12-14-8-10-15(11-9-14)18(20)21/h5-11H,12H2,1-4H3,(H,20,21). The van der Waals surface area contributed by atoms with Gasteiger partial charge in [-0.1, -0.05) is 51.1 Å². The number of carboxylic acids is 1. The maximum atomic E-state index is 10.9. The van der Waals surface area contributed by atoms with Gasteiger partial charge in [-0.25, -0.2) is 4.79 Å². The largest absolute Gasteiger partial charge is 0.488 e. The third-order valence-electron chi connectivity index (χ3n) is 3.60. The fraction of sp³-hybridized carbons (Fsp3) is 0.316. The maximum Gasteiger partial charge on any atom is 0.335 e. The van der Waals surface area contributed by atoms with Gasteiger partial charge in [0.05, 0.1) is 5.56 Å². The van der Waals surface area contributed by atoms with E-state index in [4.69, 9.17) is 9.84 Å². The van der Waals surface area contributed by atoms with Crippen LogP contribution < -0.4 is 4.74 Å². The van der Waals surface area contributed by atoms with Gasteiger partial charge in [0, 0.05) is 0 Å². The summed E-state index contributed by atoms with van der Waals surface area (Å²) in [5.74, 6) is -0.00120. The second-order valence-electron chi connectivity index (χ2n) is 6.49. The average Bonchev–Trinajstić information content (AvgIpc) is 2.45. The molecular weight excluding hydrogens is 276 g/mol. The van der Waals surface area contributed by atoms with Gasteiger partial charge in [0.25, 0.3) is 0 Å². The maximum absolute atomic E-state index is 10.9. The molecule has 0 unspecified atom stereocenters. The molecule has 3 heteroatoms. The van der Waals surface area contributed by atoms with E-state index in [2.05, 4.69) is 26.8 Å². The van der Waals surface area contributed by atoms with Crippen molar-refractivity contribution in [2.24, 2.45) is 0 Å². The van der Waals surface area contributed by atoms with Gasteiger partial charge >= 0.3 is 5.97 Å². The molecule has 0 heterocycles. The van der Waals surface area contributed by atoms with E-state index in [0.29, 0.717) is 6.61 Å². The predicted octanol–water partition coefficient (Wildman–Crippen LogP) is 4.57. The molecule has 3 nitrogen and oxygen atoms in total. The molecule has 0 fully saturated rings. The molecule has 0 radical (unpaired) electrons. The second-order valence-corrected chi connectivity index (χ2v) is 6.49. The summed E-state index contributed by atoms with van der Waals surface area (Å²) in [7, 11) is 0. The van der Waals surface area contributed by atoms with Gasteiger partial charge in [0.15, 0.2) is 0 Å². The molecule has 2 aromatic carbocycles. The Hall–Kier alpha value is -2.29. The number of hydrogen-bond acceptors (Lipinski definition) is 2. The Labute approximate surface area is 131 Å². The number of para-hydroxylation sites is 1. The molecule has 0 aliphatic heterocycles. The third-order valence-corrected chi connectivity index (χ3v) is 3.60. The van der Waals surface area contributed by atoms with Crippen LogP contribution in [0.15, 0.2) is 42.5 Å². The summed E-state index contributed by atoms with van der Waals surface area (Å²) < 4.78 is 6.03. The summed E-state index contributed by atoms with van der Waals surface area (Å²) in [6.45, 7) is 8.95. The van der Waals surface area contributed by atoms with E-state index in [9.17, 15) is 4.79 Å². The van der Waals surface area contributed by atoms with Crippen LogP contribution in [0.5, 0.6) is 5.75 Å². The van der Waals surface area contributed by atoms with Crippen LogP contribution in [0.3, 0.4) is 0 Å². The van der Waals surface area contributed by atoms with Crippen LogP contribution in [0.25, 0.3) is 0 Å². The molecule has 0 saturated carbocycles. The minimum atomic E-state index is -0.915. The first-order valence-corrected chi connectivity index (χ1v) is 7.34. The van der Waals surface area contributed by atoms with Crippen molar-refractivity contribution in [3.8, 4) is 5.75 Å². The number of aryl methyl sites for hydroxylation is 1. The molecule has 22 heavy (non-hydrogen) atoms. The highest BCUT2D eigenvalue weighted by Gasteiger charge is 2.20. The minimum Gasteiger partial charge on any atom is -0.488 e. The first-order chi connectivity index (χ1) is 10.3. The van der Waals surface area contributed by atoms with Gasteiger partial charge in [-0.2, -0.15) is 0 Å². The fourth-order valence-electron chi connectivity index (χ4n) is 2.33. The lowest BCUT2D eigenvalue weighted by molar-refractivity contribution is 0.0697. The smallest absolute Gasteiger partial charge is 0.335 e. The Kier molecular flexibility index (Phi) is 4.55. The van der Waals surface area contributed by atoms with Crippen molar-refractivity contribution in [3.63, 3.8) is 0 Å². The minimum absolute atomic E-state index is 0.00845. The summed E-state index contributed by atoms with van der Waals surface area (Å²) in [5, 5.41) is 8.91. The summed E-state index contributed by atoms with van der Waals surface area (Å²) in [6, 6.07) is 13.0. The highest BCUT2D eigenvalue weighted by Crippen LogP contribution is 2.34. The molecular formula is C19H22O3. The Bertz CT molecular complexity index is 664. The molecule has 0 aromatic heterocycles. The van der Waals surface area contributed by atoms with Crippen molar-refractivity contribution >= 4 is 5.97 Å². The van der Waals surface area contributed by atoms with Crippen LogP contribution in [0.4, 0.5) is 0 Å². The van der Waals surface area contributed by atoms with Gasteiger partial charge in [-0.15, -0.1) is 0 Å². The number of carbonyl (C=O) groups is 1. The lowest BCUT2D eigenvalue weighted by Gasteiger charge is -2.24. The normalized spacial score (nSPS) is 11.3. The van der Waals surface area contributed by atoms with Crippen LogP contribution >= 0.6 is 0 Å². The lowest BCUT2D eigenvalue weighted by atomic mass is 9.85. The van der Waals surface area contributed by atoms with Crippen molar-refractivity contribution in [3.05, 3.63) is 64.7 Å². The van der Waals surface area contributed by atoms with E-state index in [-0.39, 0.29) is 11.0 Å². The van der Waals surface area contributed by atoms with Crippen molar-refractivity contribution in [1.82, 2.24) is 0 Å². The lowest BCUT2D eigenvalue weighted by Crippen LogP contribution is -2.14. The molecule has 0 spiro atoms. The van der Waals surface area contributed by atoms with Crippen LogP contribution in [0, 0.1) is 6.92 Å². The zero-order chi connectivity index (χ0) is 16.3. The average molecular weight is 298 g/mol. The van der Waals surface area contributed by atoms with Gasteiger partial charge in [0.1, 0.15) is 12.4 Å². The highest BCUT2D eigenvalue weighted by atomic mass is 16.5. The van der Waals surface area contributed by atoms with Crippen LogP contribution in [0.1, 0.15) is 47.8 Å². The number of rotatable bonds is 4. The Balaban J connectivity index is 2.20. The van der Waals surface area contributed by atoms with Crippen LogP contribution in [-0.2, 0) is 12.0 Å². The van der Waals surface area contributed by atoms with Gasteiger partial charge < -0.3 is 9.84 Å². The summed E-state index contributed by atoms with van der Waals surface area (Å²) >= 11 is 0. The zero-order valence-corrected chi connectivity index (χ0v) is 13.5. The van der Waals surface area contributed by atoms with E-state index in [1.807, 2.05) is 19.1 Å². The van der Waals surface area contributed by atoms with Crippen LogP contribution in [0.2, 0.25) is 0 Å². The third kappa shape index (κ3) is 3.67. The molecule has 0 aliphatic carbocycles. The molecule has 2 aromatic rings. The van der Waals surface area contributed by atoms with Crippen molar-refractivity contribution < 1.29 is 14.6 Å². The SMILES string of the molecule is Cc1cccc(C(C)(C)C)c1OCc1ccc(C(=O)O)cc1. The molecule has 0 aliphatic rings. The van der Waals surface area contributed by atoms with Crippen LogP contribution in [-0.4, -0.2) is 11.1 Å². The molecule has 2 rings (SSSR count). The van der Waals surface area contributed by atoms with E-state index in [0.717, 1.165) is 16.9 Å². The predicted molar refractivity (Wildman–Crippen MR) is 87.6 cm³/mol. The van der Waals surface area contributed by atoms with Crippen molar-refractivity contribution in [2.75, 3.05) is 0 Å². The van der Waals surface area contributed by atoms with Gasteiger partial charge in [0.2, 0.25) is 0 Å². The number of benzene rings is 2.